The van der Waals surface area contributed by atoms with Crippen LogP contribution >= 0.6 is 0 Å². The predicted octanol–water partition coefficient (Wildman–Crippen LogP) is 6.88. The fourth-order valence-corrected chi connectivity index (χ4v) is 8.05. The number of aromatic hydroxyl groups is 5. The van der Waals surface area contributed by atoms with E-state index in [4.69, 9.17) is 18.9 Å². The molecule has 69 heavy (non-hydrogen) atoms. The SMILES string of the molecule is COc1cc(C=C(Oc2cc3c(cc2OC)C=C(C(=O)NCCc2ccc(O)cc2)[C@H](C(=O)NCCc2ccc(O)cc2)[C@H]3c2ccc(O)c(OC)c2)C(=O)NCCc2ccc(O)cc2)ccc1O. The molecule has 3 amide bonds. The fraction of sp³-hybridized carbons (Fsp3) is 0.204. The first-order chi connectivity index (χ1) is 33.3. The molecule has 0 fully saturated rings. The molecule has 8 N–H and O–H groups in total. The maximum absolute atomic E-state index is 14.8. The standard InChI is InChI=1S/C54H53N3O12/c1-66-45-26-35(10-18-43(45)61)27-49(53(64)56-24-21-33-6-14-39(59)15-7-33)69-48-31-41-37(30-47(48)68-3)28-42(52(63)55-23-20-32-4-12-38(58)13-5-32)51(50(41)36-11-19-44(62)46(29-36)67-2)54(65)57-25-22-34-8-16-40(60)17-9-34/h4-19,26-31,50-51,58-62H,20-25H2,1-3H3,(H,55,63)(H,56,64)(H,57,65)/t50-,51-/m0/s1. The second-order valence-corrected chi connectivity index (χ2v) is 16.2. The van der Waals surface area contributed by atoms with Crippen molar-refractivity contribution in [3.8, 4) is 51.7 Å². The van der Waals surface area contributed by atoms with Crippen LogP contribution in [0.2, 0.25) is 0 Å². The van der Waals surface area contributed by atoms with Crippen molar-refractivity contribution in [2.24, 2.45) is 5.92 Å². The molecule has 6 aromatic rings. The summed E-state index contributed by atoms with van der Waals surface area (Å²) in [6.07, 6.45) is 4.39. The Balaban J connectivity index is 1.31. The van der Waals surface area contributed by atoms with E-state index in [0.29, 0.717) is 41.5 Å². The number of methoxy groups -OCH3 is 3. The molecule has 0 aromatic heterocycles. The zero-order chi connectivity index (χ0) is 49.0. The van der Waals surface area contributed by atoms with Crippen molar-refractivity contribution in [1.29, 1.82) is 0 Å². The van der Waals surface area contributed by atoms with Gasteiger partial charge in [0.15, 0.2) is 40.3 Å². The van der Waals surface area contributed by atoms with E-state index in [1.54, 1.807) is 109 Å². The number of nitrogens with one attached hydrogen (secondary N) is 3. The van der Waals surface area contributed by atoms with Crippen molar-refractivity contribution < 1.29 is 58.9 Å². The number of carbonyl (C=O) groups is 3. The highest BCUT2D eigenvalue weighted by Crippen LogP contribution is 2.48. The lowest BCUT2D eigenvalue weighted by atomic mass is 9.70. The lowest BCUT2D eigenvalue weighted by Crippen LogP contribution is -2.42. The highest BCUT2D eigenvalue weighted by molar-refractivity contribution is 6.06. The Kier molecular flexibility index (Phi) is 15.6. The molecule has 0 spiro atoms. The maximum Gasteiger partial charge on any atom is 0.287 e. The normalized spacial score (nSPS) is 14.1. The van der Waals surface area contributed by atoms with Crippen molar-refractivity contribution >= 4 is 29.9 Å². The number of rotatable bonds is 19. The molecule has 0 unspecified atom stereocenters. The van der Waals surface area contributed by atoms with Gasteiger partial charge < -0.3 is 60.4 Å². The Bertz CT molecular complexity index is 2860. The molecular weight excluding hydrogens is 883 g/mol. The largest absolute Gasteiger partial charge is 0.508 e. The summed E-state index contributed by atoms with van der Waals surface area (Å²) in [4.78, 5) is 43.5. The van der Waals surface area contributed by atoms with Gasteiger partial charge in [0.25, 0.3) is 5.91 Å². The van der Waals surface area contributed by atoms with E-state index >= 15 is 0 Å². The molecule has 0 aliphatic heterocycles. The molecule has 1 aliphatic carbocycles. The number of ether oxygens (including phenoxy) is 4. The molecule has 7 rings (SSSR count). The third kappa shape index (κ3) is 12.1. The monoisotopic (exact) mass is 935 g/mol. The molecule has 15 nitrogen and oxygen atoms in total. The molecule has 2 atom stereocenters. The van der Waals surface area contributed by atoms with Crippen LogP contribution in [0.15, 0.2) is 133 Å². The summed E-state index contributed by atoms with van der Waals surface area (Å²) in [5, 5.41) is 59.4. The van der Waals surface area contributed by atoms with Gasteiger partial charge in [0.2, 0.25) is 11.8 Å². The minimum atomic E-state index is -1.18. The summed E-state index contributed by atoms with van der Waals surface area (Å²) in [5.74, 6) is -3.23. The topological polar surface area (TPSA) is 225 Å². The van der Waals surface area contributed by atoms with Crippen LogP contribution in [0.1, 0.15) is 44.9 Å². The quantitative estimate of drug-likeness (QED) is 0.0307. The first kappa shape index (κ1) is 48.3. The Morgan fingerprint density at radius 2 is 1.06 bits per heavy atom. The van der Waals surface area contributed by atoms with Gasteiger partial charge in [0.05, 0.1) is 27.2 Å². The number of carbonyl (C=O) groups excluding carboxylic acids is 3. The molecule has 6 aromatic carbocycles. The summed E-state index contributed by atoms with van der Waals surface area (Å²) in [5.41, 5.74) is 4.70. The number of amides is 3. The predicted molar refractivity (Wildman–Crippen MR) is 259 cm³/mol. The average Bonchev–Trinajstić information content (AvgIpc) is 3.35. The van der Waals surface area contributed by atoms with Gasteiger partial charge in [-0.05, 0) is 143 Å². The molecule has 0 bridgehead atoms. The smallest absolute Gasteiger partial charge is 0.287 e. The molecule has 1 aliphatic rings. The van der Waals surface area contributed by atoms with Crippen LogP contribution in [0.5, 0.6) is 51.7 Å². The van der Waals surface area contributed by atoms with E-state index in [1.165, 1.54) is 45.6 Å². The number of hydrogen-bond acceptors (Lipinski definition) is 12. The van der Waals surface area contributed by atoms with E-state index in [-0.39, 0.29) is 82.7 Å². The van der Waals surface area contributed by atoms with Gasteiger partial charge in [-0.2, -0.15) is 0 Å². The highest BCUT2D eigenvalue weighted by atomic mass is 16.5. The lowest BCUT2D eigenvalue weighted by molar-refractivity contribution is -0.127. The lowest BCUT2D eigenvalue weighted by Gasteiger charge is -2.34. The van der Waals surface area contributed by atoms with Gasteiger partial charge in [-0.3, -0.25) is 14.4 Å². The Morgan fingerprint density at radius 3 is 1.61 bits per heavy atom. The van der Waals surface area contributed by atoms with Gasteiger partial charge >= 0.3 is 0 Å². The molecular formula is C54H53N3O12. The van der Waals surface area contributed by atoms with Crippen molar-refractivity contribution in [1.82, 2.24) is 16.0 Å². The molecule has 15 heteroatoms. The maximum atomic E-state index is 14.8. The molecule has 0 saturated carbocycles. The van der Waals surface area contributed by atoms with Crippen LogP contribution in [-0.4, -0.2) is 84.2 Å². The van der Waals surface area contributed by atoms with Gasteiger partial charge in [-0.25, -0.2) is 0 Å². The van der Waals surface area contributed by atoms with E-state index < -0.39 is 29.6 Å². The first-order valence-electron chi connectivity index (χ1n) is 22.1. The zero-order valence-electron chi connectivity index (χ0n) is 38.2. The van der Waals surface area contributed by atoms with E-state index in [2.05, 4.69) is 16.0 Å². The van der Waals surface area contributed by atoms with Crippen LogP contribution in [-0.2, 0) is 33.6 Å². The van der Waals surface area contributed by atoms with Crippen molar-refractivity contribution in [3.05, 3.63) is 172 Å². The summed E-state index contributed by atoms with van der Waals surface area (Å²) in [7, 11) is 4.23. The van der Waals surface area contributed by atoms with E-state index in [0.717, 1.165) is 16.7 Å². The molecule has 0 heterocycles. The Morgan fingerprint density at radius 1 is 0.551 bits per heavy atom. The zero-order valence-corrected chi connectivity index (χ0v) is 38.2. The van der Waals surface area contributed by atoms with Crippen LogP contribution < -0.4 is 34.9 Å². The third-order valence-corrected chi connectivity index (χ3v) is 11.7. The number of fused-ring (bicyclic) bond motifs is 1. The number of benzene rings is 6. The highest BCUT2D eigenvalue weighted by Gasteiger charge is 2.41. The average molecular weight is 936 g/mol. The number of hydrogen-bond donors (Lipinski definition) is 8. The Labute approximate surface area is 398 Å². The molecule has 356 valence electrons. The van der Waals surface area contributed by atoms with E-state index in [9.17, 15) is 39.9 Å². The second kappa shape index (κ2) is 22.3. The van der Waals surface area contributed by atoms with Crippen molar-refractivity contribution in [3.63, 3.8) is 0 Å². The van der Waals surface area contributed by atoms with Crippen LogP contribution in [0.3, 0.4) is 0 Å². The summed E-state index contributed by atoms with van der Waals surface area (Å²) < 4.78 is 23.3. The minimum absolute atomic E-state index is 0.0827. The number of phenolic OH excluding ortho intramolecular Hbond substituents is 5. The molecule has 0 saturated heterocycles. The van der Waals surface area contributed by atoms with Crippen LogP contribution in [0.4, 0.5) is 0 Å². The molecule has 0 radical (unpaired) electrons. The minimum Gasteiger partial charge on any atom is -0.508 e. The second-order valence-electron chi connectivity index (χ2n) is 16.2. The van der Waals surface area contributed by atoms with E-state index in [1.807, 2.05) is 0 Å². The van der Waals surface area contributed by atoms with Gasteiger partial charge in [0, 0.05) is 31.1 Å². The van der Waals surface area contributed by atoms with Crippen molar-refractivity contribution in [2.75, 3.05) is 41.0 Å². The van der Waals surface area contributed by atoms with Crippen LogP contribution in [0.25, 0.3) is 12.2 Å². The summed E-state index contributed by atoms with van der Waals surface area (Å²) >= 11 is 0. The summed E-state index contributed by atoms with van der Waals surface area (Å²) in [6.45, 7) is 0.586. The van der Waals surface area contributed by atoms with Gasteiger partial charge in [-0.1, -0.05) is 48.5 Å². The fourth-order valence-electron chi connectivity index (χ4n) is 8.05. The Hall–Kier alpha value is -8.59. The number of phenols is 5. The van der Waals surface area contributed by atoms with Gasteiger partial charge in [-0.15, -0.1) is 0 Å². The first-order valence-corrected chi connectivity index (χ1v) is 22.1. The third-order valence-electron chi connectivity index (χ3n) is 11.7. The van der Waals surface area contributed by atoms with Crippen molar-refractivity contribution in [2.45, 2.75) is 25.2 Å². The summed E-state index contributed by atoms with van der Waals surface area (Å²) in [6, 6.07) is 32.4. The van der Waals surface area contributed by atoms with Crippen LogP contribution in [0, 0.1) is 5.92 Å². The van der Waals surface area contributed by atoms with Gasteiger partial charge in [0.1, 0.15) is 17.2 Å².